The average Bonchev–Trinajstić information content (AvgIpc) is 2.67. The summed E-state index contributed by atoms with van der Waals surface area (Å²) in [5.74, 6) is 0.523. The summed E-state index contributed by atoms with van der Waals surface area (Å²) in [5.41, 5.74) is 1.85. The van der Waals surface area contributed by atoms with Crippen molar-refractivity contribution in [1.29, 1.82) is 0 Å². The summed E-state index contributed by atoms with van der Waals surface area (Å²) in [7, 11) is 0. The summed E-state index contributed by atoms with van der Waals surface area (Å²) in [6, 6.07) is 14.2. The Bertz CT molecular complexity index is 756. The molecule has 5 nitrogen and oxygen atoms in total. The van der Waals surface area contributed by atoms with Crippen LogP contribution in [-0.4, -0.2) is 17.9 Å². The van der Waals surface area contributed by atoms with Crippen molar-refractivity contribution in [3.8, 4) is 5.75 Å². The van der Waals surface area contributed by atoms with Crippen molar-refractivity contribution in [3.05, 3.63) is 54.1 Å². The Morgan fingerprint density at radius 1 is 1.00 bits per heavy atom. The van der Waals surface area contributed by atoms with Crippen molar-refractivity contribution >= 4 is 23.2 Å². The molecule has 2 aromatic carbocycles. The Labute approximate surface area is 161 Å². The minimum atomic E-state index is -0.209. The van der Waals surface area contributed by atoms with Gasteiger partial charge in [-0.3, -0.25) is 9.59 Å². The molecule has 0 aromatic heterocycles. The molecule has 2 rings (SSSR count). The van der Waals surface area contributed by atoms with Crippen LogP contribution < -0.4 is 15.4 Å². The molecule has 27 heavy (non-hydrogen) atoms. The van der Waals surface area contributed by atoms with Crippen LogP contribution in [0.2, 0.25) is 0 Å². The summed E-state index contributed by atoms with van der Waals surface area (Å²) in [4.78, 5) is 24.3. The maximum atomic E-state index is 12.4. The predicted octanol–water partition coefficient (Wildman–Crippen LogP) is 5.24. The molecule has 0 bridgehead atoms. The molecule has 2 aromatic rings. The highest BCUT2D eigenvalue weighted by atomic mass is 16.5. The highest BCUT2D eigenvalue weighted by Crippen LogP contribution is 2.18. The molecule has 144 valence electrons. The van der Waals surface area contributed by atoms with Gasteiger partial charge in [0.25, 0.3) is 5.91 Å². The van der Waals surface area contributed by atoms with Gasteiger partial charge in [0.1, 0.15) is 5.75 Å². The smallest absolute Gasteiger partial charge is 0.255 e. The minimum absolute atomic E-state index is 0.0165. The number of unbranched alkanes of at least 4 members (excludes halogenated alkanes) is 1. The van der Waals surface area contributed by atoms with Crippen molar-refractivity contribution in [2.24, 2.45) is 0 Å². The van der Waals surface area contributed by atoms with Gasteiger partial charge in [-0.15, -0.1) is 0 Å². The maximum absolute atomic E-state index is 12.4. The number of hydrogen-bond acceptors (Lipinski definition) is 3. The Kier molecular flexibility index (Phi) is 7.86. The molecule has 0 saturated carbocycles. The van der Waals surface area contributed by atoms with Crippen LogP contribution in [-0.2, 0) is 4.79 Å². The van der Waals surface area contributed by atoms with Crippen LogP contribution in [0.3, 0.4) is 0 Å². The van der Waals surface area contributed by atoms with Gasteiger partial charge in [-0.25, -0.2) is 0 Å². The zero-order chi connectivity index (χ0) is 19.6. The first kappa shape index (κ1) is 20.5. The van der Waals surface area contributed by atoms with Crippen molar-refractivity contribution in [2.45, 2.75) is 52.6 Å². The van der Waals surface area contributed by atoms with Crippen LogP contribution in [0.15, 0.2) is 48.5 Å². The highest BCUT2D eigenvalue weighted by Gasteiger charge is 2.09. The first-order valence-electron chi connectivity index (χ1n) is 9.49. The van der Waals surface area contributed by atoms with Crippen LogP contribution in [0, 0.1) is 0 Å². The monoisotopic (exact) mass is 368 g/mol. The average molecular weight is 368 g/mol. The lowest BCUT2D eigenvalue weighted by Crippen LogP contribution is -2.14. The number of anilines is 2. The lowest BCUT2D eigenvalue weighted by atomic mass is 10.2. The maximum Gasteiger partial charge on any atom is 0.255 e. The molecule has 0 aliphatic heterocycles. The summed E-state index contributed by atoms with van der Waals surface area (Å²) in [6.45, 7) is 6.12. The van der Waals surface area contributed by atoms with Crippen molar-refractivity contribution in [2.75, 3.05) is 10.6 Å². The fourth-order valence-electron chi connectivity index (χ4n) is 2.44. The number of rotatable bonds is 9. The highest BCUT2D eigenvalue weighted by molar-refractivity contribution is 6.04. The van der Waals surface area contributed by atoms with Gasteiger partial charge in [-0.1, -0.05) is 26.3 Å². The third-order valence-electron chi connectivity index (χ3n) is 4.19. The lowest BCUT2D eigenvalue weighted by molar-refractivity contribution is -0.116. The van der Waals surface area contributed by atoms with Crippen LogP contribution in [0.1, 0.15) is 56.8 Å². The molecule has 0 aliphatic carbocycles. The molecule has 0 heterocycles. The molecule has 0 saturated heterocycles. The molecule has 5 heteroatoms. The van der Waals surface area contributed by atoms with E-state index in [1.807, 2.05) is 13.8 Å². The molecule has 1 atom stereocenters. The molecule has 0 spiro atoms. The summed E-state index contributed by atoms with van der Waals surface area (Å²) >= 11 is 0. The van der Waals surface area contributed by atoms with Gasteiger partial charge in [0.2, 0.25) is 5.91 Å². The van der Waals surface area contributed by atoms with E-state index in [9.17, 15) is 9.59 Å². The van der Waals surface area contributed by atoms with Gasteiger partial charge >= 0.3 is 0 Å². The third-order valence-corrected chi connectivity index (χ3v) is 4.19. The van der Waals surface area contributed by atoms with E-state index in [1.165, 1.54) is 0 Å². The van der Waals surface area contributed by atoms with Crippen molar-refractivity contribution < 1.29 is 14.3 Å². The number of hydrogen-bond donors (Lipinski definition) is 2. The molecule has 0 unspecified atom stereocenters. The zero-order valence-corrected chi connectivity index (χ0v) is 16.2. The summed E-state index contributed by atoms with van der Waals surface area (Å²) < 4.78 is 5.73. The third kappa shape index (κ3) is 6.77. The van der Waals surface area contributed by atoms with E-state index >= 15 is 0 Å². The van der Waals surface area contributed by atoms with E-state index < -0.39 is 0 Å². The van der Waals surface area contributed by atoms with E-state index in [4.69, 9.17) is 4.74 Å². The fraction of sp³-hybridized carbons (Fsp3) is 0.364. The summed E-state index contributed by atoms with van der Waals surface area (Å²) in [5, 5.41) is 5.71. The van der Waals surface area contributed by atoms with Gasteiger partial charge in [0.15, 0.2) is 0 Å². The van der Waals surface area contributed by atoms with E-state index in [-0.39, 0.29) is 17.9 Å². The second kappa shape index (κ2) is 10.4. The quantitative estimate of drug-likeness (QED) is 0.635. The number of amides is 2. The van der Waals surface area contributed by atoms with Gasteiger partial charge in [-0.05, 0) is 62.2 Å². The number of nitrogens with one attached hydrogen (secondary N) is 2. The SMILES string of the molecule is CCCCC(=O)Nc1cccc(NC(=O)c2ccc(O[C@H](C)CC)cc2)c1. The van der Waals surface area contributed by atoms with Crippen molar-refractivity contribution in [1.82, 2.24) is 0 Å². The number of carbonyl (C=O) groups is 2. The Morgan fingerprint density at radius 2 is 1.67 bits per heavy atom. The second-order valence-electron chi connectivity index (χ2n) is 6.55. The number of ether oxygens (including phenoxy) is 1. The van der Waals surface area contributed by atoms with E-state index in [0.29, 0.717) is 23.4 Å². The fourth-order valence-corrected chi connectivity index (χ4v) is 2.44. The molecule has 0 aliphatic rings. The first-order valence-corrected chi connectivity index (χ1v) is 9.49. The van der Waals surface area contributed by atoms with E-state index in [1.54, 1.807) is 48.5 Å². The Hall–Kier alpha value is -2.82. The molecular weight excluding hydrogens is 340 g/mol. The second-order valence-corrected chi connectivity index (χ2v) is 6.55. The van der Waals surface area contributed by atoms with Gasteiger partial charge in [0, 0.05) is 23.4 Å². The van der Waals surface area contributed by atoms with E-state index in [0.717, 1.165) is 25.0 Å². The van der Waals surface area contributed by atoms with Crippen molar-refractivity contribution in [3.63, 3.8) is 0 Å². The minimum Gasteiger partial charge on any atom is -0.491 e. The lowest BCUT2D eigenvalue weighted by Gasteiger charge is -2.13. The zero-order valence-electron chi connectivity index (χ0n) is 16.2. The molecule has 2 N–H and O–H groups in total. The molecular formula is C22H28N2O3. The first-order chi connectivity index (χ1) is 13.0. The van der Waals surface area contributed by atoms with Crippen LogP contribution in [0.4, 0.5) is 11.4 Å². The topological polar surface area (TPSA) is 67.4 Å². The standard InChI is InChI=1S/C22H28N2O3/c1-4-6-10-21(25)23-18-8-7-9-19(15-18)24-22(26)17-11-13-20(14-12-17)27-16(3)5-2/h7-9,11-16H,4-6,10H2,1-3H3,(H,23,25)(H,24,26)/t16-/m1/s1. The Balaban J connectivity index is 1.97. The number of benzene rings is 2. The predicted molar refractivity (Wildman–Crippen MR) is 109 cm³/mol. The van der Waals surface area contributed by atoms with Gasteiger partial charge < -0.3 is 15.4 Å². The van der Waals surface area contributed by atoms with Gasteiger partial charge in [0.05, 0.1) is 6.10 Å². The normalized spacial score (nSPS) is 11.5. The largest absolute Gasteiger partial charge is 0.491 e. The Morgan fingerprint density at radius 3 is 2.30 bits per heavy atom. The van der Waals surface area contributed by atoms with E-state index in [2.05, 4.69) is 17.6 Å². The number of carbonyl (C=O) groups excluding carboxylic acids is 2. The molecule has 0 radical (unpaired) electrons. The van der Waals surface area contributed by atoms with Crippen LogP contribution >= 0.6 is 0 Å². The summed E-state index contributed by atoms with van der Waals surface area (Å²) in [6.07, 6.45) is 3.40. The van der Waals surface area contributed by atoms with Gasteiger partial charge in [-0.2, -0.15) is 0 Å². The van der Waals surface area contributed by atoms with Crippen LogP contribution in [0.5, 0.6) is 5.75 Å². The molecule has 0 fully saturated rings. The molecule has 2 amide bonds. The van der Waals surface area contributed by atoms with Crippen LogP contribution in [0.25, 0.3) is 0 Å².